The molecule has 0 radical (unpaired) electrons. The lowest BCUT2D eigenvalue weighted by Gasteiger charge is -2.12. The van der Waals surface area contributed by atoms with Crippen molar-refractivity contribution in [2.75, 3.05) is 0 Å². The first-order chi connectivity index (χ1) is 15.0. The largest absolute Gasteiger partial charge is 0.487 e. The number of hydrogen-bond acceptors (Lipinski definition) is 6. The van der Waals surface area contributed by atoms with Crippen LogP contribution in [0.2, 0.25) is 0 Å². The van der Waals surface area contributed by atoms with E-state index in [4.69, 9.17) is 9.47 Å². The minimum absolute atomic E-state index is 0.0820. The summed E-state index contributed by atoms with van der Waals surface area (Å²) < 4.78 is 25.5. The van der Waals surface area contributed by atoms with Gasteiger partial charge in [0.15, 0.2) is 0 Å². The van der Waals surface area contributed by atoms with Crippen molar-refractivity contribution in [3.05, 3.63) is 100.0 Å². The van der Waals surface area contributed by atoms with E-state index in [1.54, 1.807) is 18.2 Å². The molecule has 0 saturated carbocycles. The number of nitro groups is 1. The average molecular weight is 415 g/mol. The van der Waals surface area contributed by atoms with Gasteiger partial charge in [-0.1, -0.05) is 30.3 Å². The van der Waals surface area contributed by atoms with E-state index < -0.39 is 16.4 Å². The molecule has 0 fully saturated rings. The molecule has 4 aromatic rings. The zero-order valence-electron chi connectivity index (χ0n) is 16.0. The maximum Gasteiger partial charge on any atom is 0.305 e. The fraction of sp³-hybridized carbons (Fsp3) is 0.0435. The Labute approximate surface area is 176 Å². The molecule has 1 heterocycles. The normalized spacial score (nSPS) is 10.5. The third-order valence-electron chi connectivity index (χ3n) is 4.50. The van der Waals surface area contributed by atoms with Gasteiger partial charge in [0.2, 0.25) is 5.82 Å². The number of hydrogen-bond donors (Lipinski definition) is 0. The van der Waals surface area contributed by atoms with Crippen LogP contribution in [-0.2, 0) is 6.61 Å². The van der Waals surface area contributed by atoms with Crippen LogP contribution in [0.4, 0.5) is 10.1 Å². The fourth-order valence-electron chi connectivity index (χ4n) is 3.01. The van der Waals surface area contributed by atoms with Crippen molar-refractivity contribution in [2.24, 2.45) is 0 Å². The zero-order chi connectivity index (χ0) is 21.8. The van der Waals surface area contributed by atoms with Gasteiger partial charge < -0.3 is 9.47 Å². The Morgan fingerprint density at radius 3 is 2.58 bits per heavy atom. The summed E-state index contributed by atoms with van der Waals surface area (Å²) in [7, 11) is 0. The molecule has 31 heavy (non-hydrogen) atoms. The van der Waals surface area contributed by atoms with E-state index >= 15 is 0 Å². The lowest BCUT2D eigenvalue weighted by molar-refractivity contribution is -0.387. The number of nitriles is 1. The van der Waals surface area contributed by atoms with Crippen LogP contribution in [0.5, 0.6) is 17.2 Å². The second kappa shape index (κ2) is 8.47. The van der Waals surface area contributed by atoms with Crippen LogP contribution < -0.4 is 9.47 Å². The molecule has 0 aliphatic heterocycles. The number of benzene rings is 3. The highest BCUT2D eigenvalue weighted by molar-refractivity contribution is 5.88. The van der Waals surface area contributed by atoms with Crippen LogP contribution in [0.15, 0.2) is 72.9 Å². The molecular weight excluding hydrogens is 401 g/mol. The van der Waals surface area contributed by atoms with Gasteiger partial charge in [-0.2, -0.15) is 9.65 Å². The predicted molar refractivity (Wildman–Crippen MR) is 110 cm³/mol. The number of fused-ring (bicyclic) bond motifs is 1. The van der Waals surface area contributed by atoms with Crippen LogP contribution in [-0.4, -0.2) is 9.91 Å². The molecular formula is C23H14FN3O4. The van der Waals surface area contributed by atoms with E-state index in [1.807, 2.05) is 30.3 Å². The molecule has 4 rings (SSSR count). The van der Waals surface area contributed by atoms with Gasteiger partial charge in [0.1, 0.15) is 29.9 Å². The molecule has 8 heteroatoms. The summed E-state index contributed by atoms with van der Waals surface area (Å²) in [5.41, 5.74) is 1.12. The number of rotatable bonds is 6. The smallest absolute Gasteiger partial charge is 0.305 e. The molecule has 0 bridgehead atoms. The van der Waals surface area contributed by atoms with Gasteiger partial charge in [-0.3, -0.25) is 15.1 Å². The lowest BCUT2D eigenvalue weighted by Crippen LogP contribution is -1.98. The Morgan fingerprint density at radius 2 is 1.87 bits per heavy atom. The molecule has 0 atom stereocenters. The Hall–Kier alpha value is -4.51. The number of ether oxygens (including phenoxy) is 2. The standard InChI is InChI=1S/C23H14FN3O4/c24-19-11-17(6-7-21(19)27(28)29)31-22-8-9-26-20-12-23(16(13-25)10-18(20)22)30-14-15-4-2-1-3-5-15/h1-12H,14H2. The minimum atomic E-state index is -1.00. The molecule has 0 aliphatic rings. The summed E-state index contributed by atoms with van der Waals surface area (Å²) in [5, 5.41) is 20.9. The topological polar surface area (TPSA) is 98.3 Å². The fourth-order valence-corrected chi connectivity index (χ4v) is 3.01. The molecule has 3 aromatic carbocycles. The highest BCUT2D eigenvalue weighted by Crippen LogP contribution is 2.34. The number of pyridine rings is 1. The molecule has 152 valence electrons. The van der Waals surface area contributed by atoms with Crippen molar-refractivity contribution in [1.82, 2.24) is 4.98 Å². The highest BCUT2D eigenvalue weighted by atomic mass is 19.1. The van der Waals surface area contributed by atoms with E-state index in [1.165, 1.54) is 12.3 Å². The molecule has 0 N–H and O–H groups in total. The monoisotopic (exact) mass is 415 g/mol. The summed E-state index contributed by atoms with van der Waals surface area (Å²) in [6, 6.07) is 19.7. The summed E-state index contributed by atoms with van der Waals surface area (Å²) in [5.74, 6) is -0.220. The Kier molecular flexibility index (Phi) is 5.41. The molecule has 7 nitrogen and oxygen atoms in total. The van der Waals surface area contributed by atoms with Crippen molar-refractivity contribution in [2.45, 2.75) is 6.61 Å². The Balaban J connectivity index is 1.66. The van der Waals surface area contributed by atoms with Gasteiger partial charge >= 0.3 is 5.69 Å². The average Bonchev–Trinajstić information content (AvgIpc) is 2.78. The van der Waals surface area contributed by atoms with Gasteiger partial charge in [0.25, 0.3) is 0 Å². The van der Waals surface area contributed by atoms with Crippen molar-refractivity contribution >= 4 is 16.6 Å². The summed E-state index contributed by atoms with van der Waals surface area (Å²) in [6.45, 7) is 0.291. The van der Waals surface area contributed by atoms with Gasteiger partial charge in [-0.15, -0.1) is 0 Å². The maximum atomic E-state index is 13.9. The van der Waals surface area contributed by atoms with Crippen LogP contribution >= 0.6 is 0 Å². The third-order valence-corrected chi connectivity index (χ3v) is 4.50. The van der Waals surface area contributed by atoms with E-state index in [0.717, 1.165) is 17.7 Å². The lowest BCUT2D eigenvalue weighted by atomic mass is 10.1. The van der Waals surface area contributed by atoms with Crippen molar-refractivity contribution in [1.29, 1.82) is 5.26 Å². The Morgan fingerprint density at radius 1 is 1.06 bits per heavy atom. The Bertz CT molecular complexity index is 1320. The van der Waals surface area contributed by atoms with E-state index in [-0.39, 0.29) is 11.3 Å². The second-order valence-electron chi connectivity index (χ2n) is 6.53. The number of nitrogens with zero attached hydrogens (tertiary/aromatic N) is 3. The van der Waals surface area contributed by atoms with E-state index in [9.17, 15) is 19.8 Å². The summed E-state index contributed by atoms with van der Waals surface area (Å²) >= 11 is 0. The van der Waals surface area contributed by atoms with Gasteiger partial charge in [0, 0.05) is 29.8 Å². The van der Waals surface area contributed by atoms with E-state index in [2.05, 4.69) is 11.1 Å². The third kappa shape index (κ3) is 4.26. The van der Waals surface area contributed by atoms with Crippen LogP contribution in [0.1, 0.15) is 11.1 Å². The highest BCUT2D eigenvalue weighted by Gasteiger charge is 2.16. The number of nitro benzene ring substituents is 1. The molecule has 1 aromatic heterocycles. The molecule has 0 unspecified atom stereocenters. The van der Waals surface area contributed by atoms with Crippen LogP contribution in [0, 0.1) is 27.3 Å². The first kappa shape index (κ1) is 19.8. The van der Waals surface area contributed by atoms with Crippen LogP contribution in [0.25, 0.3) is 10.9 Å². The first-order valence-electron chi connectivity index (χ1n) is 9.16. The minimum Gasteiger partial charge on any atom is -0.487 e. The molecule has 0 amide bonds. The van der Waals surface area contributed by atoms with E-state index in [0.29, 0.717) is 29.0 Å². The van der Waals surface area contributed by atoms with Crippen LogP contribution in [0.3, 0.4) is 0 Å². The van der Waals surface area contributed by atoms with Crippen molar-refractivity contribution < 1.29 is 18.8 Å². The summed E-state index contributed by atoms with van der Waals surface area (Å²) in [4.78, 5) is 14.3. The SMILES string of the molecule is N#Cc1cc2c(Oc3ccc([N+](=O)[O-])c(F)c3)ccnc2cc1OCc1ccccc1. The zero-order valence-corrected chi connectivity index (χ0v) is 16.0. The van der Waals surface area contributed by atoms with Crippen molar-refractivity contribution in [3.63, 3.8) is 0 Å². The first-order valence-corrected chi connectivity index (χ1v) is 9.16. The van der Waals surface area contributed by atoms with Gasteiger partial charge in [-0.05, 0) is 23.8 Å². The molecule has 0 aliphatic carbocycles. The number of halogens is 1. The summed E-state index contributed by atoms with van der Waals surface area (Å²) in [6.07, 6.45) is 1.51. The van der Waals surface area contributed by atoms with Gasteiger partial charge in [-0.25, -0.2) is 0 Å². The molecule has 0 saturated heterocycles. The predicted octanol–water partition coefficient (Wildman–Crippen LogP) is 5.53. The van der Waals surface area contributed by atoms with Gasteiger partial charge in [0.05, 0.1) is 16.0 Å². The maximum absolute atomic E-state index is 13.9. The second-order valence-corrected chi connectivity index (χ2v) is 6.53. The quantitative estimate of drug-likeness (QED) is 0.303. The molecule has 0 spiro atoms. The van der Waals surface area contributed by atoms with Crippen molar-refractivity contribution in [3.8, 4) is 23.3 Å². The number of aromatic nitrogens is 1.